The number of rotatable bonds is 8. The van der Waals surface area contributed by atoms with Gasteiger partial charge >= 0.3 is 0 Å². The Bertz CT molecular complexity index is 2660. The highest BCUT2D eigenvalue weighted by atomic mass is 79.9. The molecule has 0 saturated carbocycles. The molecule has 0 unspecified atom stereocenters. The number of allylic oxidation sites excluding steroid dienone is 3. The molecule has 0 radical (unpaired) electrons. The number of nitrogens with zero attached hydrogens (tertiary/aromatic N) is 2. The zero-order valence-electron chi connectivity index (χ0n) is 28.2. The molecule has 53 heavy (non-hydrogen) atoms. The van der Waals surface area contributed by atoms with E-state index in [4.69, 9.17) is 9.98 Å². The fourth-order valence-corrected chi connectivity index (χ4v) is 8.34. The number of hydrogen-bond acceptors (Lipinski definition) is 2. The molecule has 0 atom stereocenters. The van der Waals surface area contributed by atoms with Crippen LogP contribution in [0.3, 0.4) is 0 Å². The summed E-state index contributed by atoms with van der Waals surface area (Å²) in [6, 6.07) is 49.8. The molecule has 4 aromatic carbocycles. The van der Waals surface area contributed by atoms with Crippen LogP contribution < -0.4 is 10.7 Å². The minimum Gasteiger partial charge on any atom is -0.354 e. The second kappa shape index (κ2) is 15.4. The minimum absolute atomic E-state index is 0.589. The Morgan fingerprint density at radius 2 is 0.943 bits per heavy atom. The highest BCUT2D eigenvalue weighted by Crippen LogP contribution is 2.43. The fourth-order valence-electron chi connectivity index (χ4n) is 6.63. The summed E-state index contributed by atoms with van der Waals surface area (Å²) in [7, 11) is 0. The molecule has 0 fully saturated rings. The normalized spacial score (nSPS) is 16.5. The van der Waals surface area contributed by atoms with Crippen LogP contribution in [0.4, 0.5) is 0 Å². The number of aliphatic imine (C=N–C) groups is 2. The molecule has 258 valence electrons. The molecule has 2 aliphatic rings. The molecule has 2 N–H and O–H groups in total. The predicted molar refractivity (Wildman–Crippen MR) is 235 cm³/mol. The monoisotopic (exact) mass is 942 g/mol. The Kier molecular flexibility index (Phi) is 10.3. The van der Waals surface area contributed by atoms with Crippen LogP contribution in [0.25, 0.3) is 22.3 Å². The summed E-state index contributed by atoms with van der Waals surface area (Å²) >= 11 is 15.5. The summed E-state index contributed by atoms with van der Waals surface area (Å²) in [6.45, 7) is 5.00. The van der Waals surface area contributed by atoms with E-state index >= 15 is 0 Å². The molecule has 2 aromatic heterocycles. The van der Waals surface area contributed by atoms with Crippen molar-refractivity contribution < 1.29 is 0 Å². The van der Waals surface area contributed by atoms with Crippen LogP contribution in [-0.2, 0) is 0 Å². The van der Waals surface area contributed by atoms with E-state index in [2.05, 4.69) is 189 Å². The number of benzene rings is 4. The molecule has 0 saturated heterocycles. The van der Waals surface area contributed by atoms with Crippen LogP contribution in [0.1, 0.15) is 33.6 Å². The zero-order valence-corrected chi connectivity index (χ0v) is 34.5. The van der Waals surface area contributed by atoms with Gasteiger partial charge in [-0.2, -0.15) is 0 Å². The Hall–Kier alpha value is -4.60. The van der Waals surface area contributed by atoms with Crippen molar-refractivity contribution in [1.29, 1.82) is 0 Å². The van der Waals surface area contributed by atoms with Crippen LogP contribution >= 0.6 is 63.7 Å². The van der Waals surface area contributed by atoms with E-state index in [9.17, 15) is 0 Å². The number of halogens is 4. The topological polar surface area (TPSA) is 56.3 Å². The number of H-pyrrole nitrogens is 2. The first kappa shape index (κ1) is 35.4. The van der Waals surface area contributed by atoms with Crippen LogP contribution in [0, 0.1) is 0 Å². The van der Waals surface area contributed by atoms with E-state index in [0.29, 0.717) is 6.54 Å². The Labute approximate surface area is 341 Å². The van der Waals surface area contributed by atoms with Crippen molar-refractivity contribution in [3.63, 3.8) is 0 Å². The van der Waals surface area contributed by atoms with Crippen molar-refractivity contribution in [1.82, 2.24) is 9.97 Å². The lowest BCUT2D eigenvalue weighted by Crippen LogP contribution is -2.22. The van der Waals surface area contributed by atoms with Gasteiger partial charge in [-0.05, 0) is 99.9 Å². The first-order valence-corrected chi connectivity index (χ1v) is 20.1. The maximum atomic E-state index is 5.46. The molecule has 8 heteroatoms. The summed E-state index contributed by atoms with van der Waals surface area (Å²) < 4.78 is 3.70. The van der Waals surface area contributed by atoms with E-state index in [1.165, 1.54) is 0 Å². The molecule has 0 spiro atoms. The van der Waals surface area contributed by atoms with Gasteiger partial charge in [0.25, 0.3) is 0 Å². The van der Waals surface area contributed by atoms with Crippen molar-refractivity contribution >= 4 is 97.4 Å². The largest absolute Gasteiger partial charge is 0.354 e. The van der Waals surface area contributed by atoms with Gasteiger partial charge in [-0.25, -0.2) is 4.99 Å². The van der Waals surface area contributed by atoms with Gasteiger partial charge in [-0.15, -0.1) is 0 Å². The van der Waals surface area contributed by atoms with Gasteiger partial charge in [-0.3, -0.25) is 4.99 Å². The van der Waals surface area contributed by atoms with Crippen LogP contribution in [0.15, 0.2) is 186 Å². The molecule has 6 aromatic rings. The lowest BCUT2D eigenvalue weighted by atomic mass is 10.0. The lowest BCUT2D eigenvalue weighted by Gasteiger charge is -2.11. The Balaban J connectivity index is 1.36. The van der Waals surface area contributed by atoms with Gasteiger partial charge in [0.2, 0.25) is 0 Å². The van der Waals surface area contributed by atoms with Crippen molar-refractivity contribution in [2.75, 3.05) is 6.54 Å². The first-order valence-electron chi connectivity index (χ1n) is 16.9. The highest BCUT2D eigenvalue weighted by Gasteiger charge is 2.29. The summed E-state index contributed by atoms with van der Waals surface area (Å²) in [5.74, 6) is 0. The third-order valence-corrected chi connectivity index (χ3v) is 13.3. The Morgan fingerprint density at radius 1 is 0.472 bits per heavy atom. The van der Waals surface area contributed by atoms with E-state index in [-0.39, 0.29) is 0 Å². The van der Waals surface area contributed by atoms with Crippen LogP contribution in [-0.4, -0.2) is 27.9 Å². The average molecular weight is 946 g/mol. The predicted octanol–water partition coefficient (Wildman–Crippen LogP) is 11.2. The number of nitrogens with one attached hydrogen (secondary N) is 2. The number of aromatic nitrogens is 2. The second-order valence-corrected chi connectivity index (χ2v) is 15.8. The van der Waals surface area contributed by atoms with Crippen molar-refractivity contribution in [3.8, 4) is 0 Å². The molecule has 4 nitrogen and oxygen atoms in total. The Morgan fingerprint density at radius 3 is 1.45 bits per heavy atom. The van der Waals surface area contributed by atoms with Gasteiger partial charge in [0, 0.05) is 43.3 Å². The van der Waals surface area contributed by atoms with Crippen molar-refractivity contribution in [2.24, 2.45) is 9.98 Å². The smallest absolute Gasteiger partial charge is 0.0891 e. The average Bonchev–Trinajstić information content (AvgIpc) is 4.01. The van der Waals surface area contributed by atoms with Gasteiger partial charge < -0.3 is 9.97 Å². The second-order valence-electron chi connectivity index (χ2n) is 12.5. The highest BCUT2D eigenvalue weighted by molar-refractivity contribution is 9.14. The summed E-state index contributed by atoms with van der Waals surface area (Å²) in [5.41, 5.74) is 12.5. The fraction of sp³-hybridized carbons (Fsp3) is 0.0222. The molecule has 8 rings (SSSR count). The summed E-state index contributed by atoms with van der Waals surface area (Å²) in [5, 5.41) is 1.88. The zero-order chi connectivity index (χ0) is 36.5. The van der Waals surface area contributed by atoms with Crippen LogP contribution in [0.2, 0.25) is 0 Å². The molecule has 0 amide bonds. The SMILES string of the molecule is C=C(c1ccccc1)c1ccc(/C(=C2N=C(/C(c3ccccc3)=c3/cc/c(=C(/C4=NCC(Br)=C4Br)c4ccccc4)[nH]3)C(Br)=C\2Br)c2ccccc2)[nH]1. The van der Waals surface area contributed by atoms with Crippen molar-refractivity contribution in [3.05, 3.63) is 220 Å². The summed E-state index contributed by atoms with van der Waals surface area (Å²) in [6.07, 6.45) is 0. The van der Waals surface area contributed by atoms with Gasteiger partial charge in [-0.1, -0.05) is 144 Å². The third-order valence-electron chi connectivity index (χ3n) is 9.18. The molecule has 2 aliphatic heterocycles. The maximum absolute atomic E-state index is 5.46. The van der Waals surface area contributed by atoms with E-state index < -0.39 is 0 Å². The van der Waals surface area contributed by atoms with E-state index in [1.54, 1.807) is 0 Å². The molecule has 4 heterocycles. The quantitative estimate of drug-likeness (QED) is 0.153. The first-order chi connectivity index (χ1) is 25.9. The molecule has 0 aliphatic carbocycles. The number of aromatic amines is 2. The van der Waals surface area contributed by atoms with Crippen molar-refractivity contribution in [2.45, 2.75) is 0 Å². The minimum atomic E-state index is 0.589. The molecular weight excluding hydrogens is 916 g/mol. The van der Waals surface area contributed by atoms with Crippen LogP contribution in [0.5, 0.6) is 0 Å². The van der Waals surface area contributed by atoms with Gasteiger partial charge in [0.05, 0.1) is 37.1 Å². The molecule has 0 bridgehead atoms. The van der Waals surface area contributed by atoms with E-state index in [1.807, 2.05) is 36.4 Å². The molecular formula is C45H30Br4N4. The number of hydrogen-bond donors (Lipinski definition) is 2. The van der Waals surface area contributed by atoms with Gasteiger partial charge in [0.1, 0.15) is 0 Å². The van der Waals surface area contributed by atoms with E-state index in [0.717, 1.165) is 102 Å². The standard InChI is InChI=1S/C45H30Br4N4/c1-27(28-14-6-2-7-15-28)33-22-23-35(51-33)38(30-18-10-4-11-19-30)44-41(48)42(49)45(53-44)39(31-20-12-5-13-21-31)36-25-24-34(52-36)37(29-16-8-3-9-17-29)43-40(47)32(46)26-50-43/h2-25,51-52H,1,26H2/b37-34-,39-36-,44-38-. The van der Waals surface area contributed by atoms with Gasteiger partial charge in [0.15, 0.2) is 0 Å². The third kappa shape index (κ3) is 6.97. The lowest BCUT2D eigenvalue weighted by molar-refractivity contribution is 1.24. The maximum Gasteiger partial charge on any atom is 0.0891 e. The summed E-state index contributed by atoms with van der Waals surface area (Å²) in [4.78, 5) is 17.8.